The van der Waals surface area contributed by atoms with Gasteiger partial charge in [0, 0.05) is 11.1 Å². The van der Waals surface area contributed by atoms with E-state index in [0.29, 0.717) is 23.1 Å². The molecule has 2 aromatic carbocycles. The van der Waals surface area contributed by atoms with Crippen molar-refractivity contribution in [1.29, 1.82) is 0 Å². The third kappa shape index (κ3) is 3.80. The van der Waals surface area contributed by atoms with Crippen molar-refractivity contribution >= 4 is 33.0 Å². The normalized spacial score (nSPS) is 11.1. The zero-order chi connectivity index (χ0) is 15.5. The molecular weight excluding hydrogens is 312 g/mol. The SMILES string of the molecule is CCOc1cccc(NS(=O)(=O)c2cc(Cl)ccc2N)c1. The number of nitrogens with two attached hydrogens (primary N) is 1. The largest absolute Gasteiger partial charge is 0.494 e. The van der Waals surface area contributed by atoms with E-state index in [2.05, 4.69) is 4.72 Å². The first-order valence-electron chi connectivity index (χ1n) is 6.23. The fraction of sp³-hybridized carbons (Fsp3) is 0.143. The van der Waals surface area contributed by atoms with Crippen LogP contribution in [0.2, 0.25) is 5.02 Å². The van der Waals surface area contributed by atoms with E-state index in [0.717, 1.165) is 0 Å². The Hall–Kier alpha value is -1.92. The van der Waals surface area contributed by atoms with Gasteiger partial charge >= 0.3 is 0 Å². The molecule has 0 radical (unpaired) electrons. The number of hydrogen-bond donors (Lipinski definition) is 2. The van der Waals surface area contributed by atoms with Crippen LogP contribution in [0.5, 0.6) is 5.75 Å². The van der Waals surface area contributed by atoms with Gasteiger partial charge in [0.2, 0.25) is 0 Å². The van der Waals surface area contributed by atoms with Crippen LogP contribution in [0.1, 0.15) is 6.92 Å². The fourth-order valence-electron chi connectivity index (χ4n) is 1.77. The number of nitrogen functional groups attached to an aromatic ring is 1. The summed E-state index contributed by atoms with van der Waals surface area (Å²) in [6, 6.07) is 11.0. The van der Waals surface area contributed by atoms with Crippen LogP contribution in [0, 0.1) is 0 Å². The molecule has 0 amide bonds. The van der Waals surface area contributed by atoms with Gasteiger partial charge in [-0.2, -0.15) is 0 Å². The van der Waals surface area contributed by atoms with Gasteiger partial charge in [-0.05, 0) is 37.3 Å². The zero-order valence-electron chi connectivity index (χ0n) is 11.3. The minimum atomic E-state index is -3.81. The van der Waals surface area contributed by atoms with E-state index < -0.39 is 10.0 Å². The van der Waals surface area contributed by atoms with Gasteiger partial charge in [0.15, 0.2) is 0 Å². The number of nitrogens with one attached hydrogen (secondary N) is 1. The van der Waals surface area contributed by atoms with Crippen molar-refractivity contribution < 1.29 is 13.2 Å². The molecule has 2 aromatic rings. The lowest BCUT2D eigenvalue weighted by Crippen LogP contribution is -2.14. The average Bonchev–Trinajstić information content (AvgIpc) is 2.42. The summed E-state index contributed by atoms with van der Waals surface area (Å²) in [6.45, 7) is 2.35. The molecule has 0 fully saturated rings. The predicted molar refractivity (Wildman–Crippen MR) is 84.3 cm³/mol. The molecule has 2 rings (SSSR count). The number of halogens is 1. The number of sulfonamides is 1. The van der Waals surface area contributed by atoms with Gasteiger partial charge in [0.25, 0.3) is 10.0 Å². The molecule has 0 saturated heterocycles. The number of benzene rings is 2. The van der Waals surface area contributed by atoms with Gasteiger partial charge < -0.3 is 10.5 Å². The van der Waals surface area contributed by atoms with Gasteiger partial charge in [-0.1, -0.05) is 17.7 Å². The van der Waals surface area contributed by atoms with Crippen molar-refractivity contribution in [3.8, 4) is 5.75 Å². The fourth-order valence-corrected chi connectivity index (χ4v) is 3.21. The topological polar surface area (TPSA) is 81.4 Å². The van der Waals surface area contributed by atoms with Crippen LogP contribution in [0.15, 0.2) is 47.4 Å². The van der Waals surface area contributed by atoms with Gasteiger partial charge in [0.05, 0.1) is 18.0 Å². The number of hydrogen-bond acceptors (Lipinski definition) is 4. The van der Waals surface area contributed by atoms with Crippen LogP contribution in [0.25, 0.3) is 0 Å². The van der Waals surface area contributed by atoms with Crippen molar-refractivity contribution in [3.63, 3.8) is 0 Å². The monoisotopic (exact) mass is 326 g/mol. The molecule has 21 heavy (non-hydrogen) atoms. The van der Waals surface area contributed by atoms with E-state index in [-0.39, 0.29) is 10.6 Å². The van der Waals surface area contributed by atoms with E-state index in [4.69, 9.17) is 22.1 Å². The summed E-state index contributed by atoms with van der Waals surface area (Å²) in [5, 5.41) is 0.299. The maximum absolute atomic E-state index is 12.4. The minimum absolute atomic E-state index is 0.0585. The van der Waals surface area contributed by atoms with Crippen molar-refractivity contribution in [2.45, 2.75) is 11.8 Å². The number of anilines is 2. The molecule has 0 bridgehead atoms. The third-order valence-electron chi connectivity index (χ3n) is 2.66. The summed E-state index contributed by atoms with van der Waals surface area (Å²) in [4.78, 5) is -0.0585. The molecule has 112 valence electrons. The Morgan fingerprint density at radius 2 is 2.00 bits per heavy atom. The Balaban J connectivity index is 2.33. The Morgan fingerprint density at radius 3 is 2.71 bits per heavy atom. The van der Waals surface area contributed by atoms with E-state index in [1.165, 1.54) is 18.2 Å². The molecule has 0 aliphatic carbocycles. The first-order chi connectivity index (χ1) is 9.92. The van der Waals surface area contributed by atoms with E-state index >= 15 is 0 Å². The van der Waals surface area contributed by atoms with Crippen molar-refractivity contribution in [2.24, 2.45) is 0 Å². The Labute approximate surface area is 128 Å². The van der Waals surface area contributed by atoms with Crippen LogP contribution < -0.4 is 15.2 Å². The molecule has 3 N–H and O–H groups in total. The second-order valence-corrected chi connectivity index (χ2v) is 6.34. The number of ether oxygens (including phenoxy) is 1. The molecule has 0 aromatic heterocycles. The molecule has 0 aliphatic heterocycles. The van der Waals surface area contributed by atoms with Crippen LogP contribution in [-0.2, 0) is 10.0 Å². The van der Waals surface area contributed by atoms with Crippen molar-refractivity contribution in [3.05, 3.63) is 47.5 Å². The van der Waals surface area contributed by atoms with Crippen LogP contribution >= 0.6 is 11.6 Å². The smallest absolute Gasteiger partial charge is 0.263 e. The molecule has 0 atom stereocenters. The maximum Gasteiger partial charge on any atom is 0.263 e. The van der Waals surface area contributed by atoms with Gasteiger partial charge in [-0.25, -0.2) is 8.42 Å². The van der Waals surface area contributed by atoms with Gasteiger partial charge in [-0.15, -0.1) is 0 Å². The van der Waals surface area contributed by atoms with Crippen LogP contribution in [0.3, 0.4) is 0 Å². The quantitative estimate of drug-likeness (QED) is 0.827. The zero-order valence-corrected chi connectivity index (χ0v) is 12.9. The molecule has 0 unspecified atom stereocenters. The molecule has 0 aliphatic rings. The summed E-state index contributed by atoms with van der Waals surface area (Å²) in [6.07, 6.45) is 0. The lowest BCUT2D eigenvalue weighted by molar-refractivity contribution is 0.340. The van der Waals surface area contributed by atoms with E-state index in [1.54, 1.807) is 24.3 Å². The lowest BCUT2D eigenvalue weighted by Gasteiger charge is -2.11. The second kappa shape index (κ2) is 6.24. The summed E-state index contributed by atoms with van der Waals surface area (Å²) in [5.41, 5.74) is 6.23. The average molecular weight is 327 g/mol. The highest BCUT2D eigenvalue weighted by molar-refractivity contribution is 7.92. The summed E-state index contributed by atoms with van der Waals surface area (Å²) in [5.74, 6) is 0.580. The third-order valence-corrected chi connectivity index (χ3v) is 4.33. The lowest BCUT2D eigenvalue weighted by atomic mass is 10.3. The van der Waals surface area contributed by atoms with Crippen molar-refractivity contribution in [2.75, 3.05) is 17.1 Å². The summed E-state index contributed by atoms with van der Waals surface area (Å²) < 4.78 is 32.5. The summed E-state index contributed by atoms with van der Waals surface area (Å²) >= 11 is 5.82. The molecule has 0 saturated carbocycles. The van der Waals surface area contributed by atoms with Crippen LogP contribution in [0.4, 0.5) is 11.4 Å². The predicted octanol–water partition coefficient (Wildman–Crippen LogP) is 3.12. The minimum Gasteiger partial charge on any atom is -0.494 e. The Morgan fingerprint density at radius 1 is 1.24 bits per heavy atom. The number of rotatable bonds is 5. The van der Waals surface area contributed by atoms with E-state index in [1.807, 2.05) is 6.92 Å². The highest BCUT2D eigenvalue weighted by atomic mass is 35.5. The molecule has 7 heteroatoms. The first kappa shape index (κ1) is 15.5. The highest BCUT2D eigenvalue weighted by Gasteiger charge is 2.18. The Bertz CT molecular complexity index is 748. The molecule has 5 nitrogen and oxygen atoms in total. The van der Waals surface area contributed by atoms with Gasteiger partial charge in [0.1, 0.15) is 10.6 Å². The first-order valence-corrected chi connectivity index (χ1v) is 8.09. The van der Waals surface area contributed by atoms with Crippen molar-refractivity contribution in [1.82, 2.24) is 0 Å². The maximum atomic E-state index is 12.4. The van der Waals surface area contributed by atoms with Crippen LogP contribution in [-0.4, -0.2) is 15.0 Å². The highest BCUT2D eigenvalue weighted by Crippen LogP contribution is 2.26. The standard InChI is InChI=1S/C14H15ClN2O3S/c1-2-20-12-5-3-4-11(9-12)17-21(18,19)14-8-10(15)6-7-13(14)16/h3-9,17H,2,16H2,1H3. The van der Waals surface area contributed by atoms with Gasteiger partial charge in [-0.3, -0.25) is 4.72 Å². The second-order valence-electron chi connectivity index (χ2n) is 4.25. The molecule has 0 spiro atoms. The molecule has 0 heterocycles. The van der Waals surface area contributed by atoms with E-state index in [9.17, 15) is 8.42 Å². The molecular formula is C14H15ClN2O3S. The Kier molecular flexibility index (Phi) is 4.59. The summed E-state index contributed by atoms with van der Waals surface area (Å²) in [7, 11) is -3.81.